The van der Waals surface area contributed by atoms with Crippen molar-refractivity contribution in [3.63, 3.8) is 0 Å². The summed E-state index contributed by atoms with van der Waals surface area (Å²) in [5.74, 6) is 0.500. The maximum absolute atomic E-state index is 13.2. The molecule has 0 atom stereocenters. The molecule has 1 amide bonds. The summed E-state index contributed by atoms with van der Waals surface area (Å²) in [5.41, 5.74) is 3.84. The lowest BCUT2D eigenvalue weighted by Gasteiger charge is -2.36. The van der Waals surface area contributed by atoms with Gasteiger partial charge in [0.15, 0.2) is 0 Å². The highest BCUT2D eigenvalue weighted by Gasteiger charge is 2.23. The van der Waals surface area contributed by atoms with E-state index in [1.165, 1.54) is 0 Å². The molecule has 1 aliphatic rings. The Morgan fingerprint density at radius 1 is 0.829 bits per heavy atom. The highest BCUT2D eigenvalue weighted by atomic mass is 35.5. The number of piperazine rings is 1. The Morgan fingerprint density at radius 3 is 2.17 bits per heavy atom. The van der Waals surface area contributed by atoms with Gasteiger partial charge in [-0.05, 0) is 44.2 Å². The molecule has 1 fully saturated rings. The van der Waals surface area contributed by atoms with Crippen molar-refractivity contribution in [1.29, 1.82) is 0 Å². The molecule has 11 heteroatoms. The molecule has 1 saturated heterocycles. The number of carbonyl (C=O) groups excluding carboxylic acids is 1. The number of nitrogens with one attached hydrogen (secondary N) is 1. The molecule has 0 bridgehead atoms. The van der Waals surface area contributed by atoms with E-state index in [1.54, 1.807) is 0 Å². The summed E-state index contributed by atoms with van der Waals surface area (Å²) < 4.78 is 1.96. The number of halogens is 5. The number of amides is 1. The minimum atomic E-state index is -0.184. The van der Waals surface area contributed by atoms with E-state index in [4.69, 9.17) is 39.8 Å². The minimum absolute atomic E-state index is 0. The molecule has 1 aliphatic heterocycles. The first-order chi connectivity index (χ1) is 18.9. The molecule has 2 heterocycles. The van der Waals surface area contributed by atoms with Crippen molar-refractivity contribution in [1.82, 2.24) is 19.8 Å². The summed E-state index contributed by atoms with van der Waals surface area (Å²) in [4.78, 5) is 22.7. The predicted molar refractivity (Wildman–Crippen MR) is 175 cm³/mol. The monoisotopic (exact) mass is 653 g/mol. The Balaban J connectivity index is 0.00000231. The van der Waals surface area contributed by atoms with Crippen molar-refractivity contribution in [3.8, 4) is 17.1 Å². The third-order valence-electron chi connectivity index (χ3n) is 7.03. The topological polar surface area (TPSA) is 53.4 Å². The summed E-state index contributed by atoms with van der Waals surface area (Å²) in [6.07, 6.45) is 0.847. The van der Waals surface area contributed by atoms with Crippen LogP contribution in [0.5, 0.6) is 0 Å². The molecular formula is C30H32Cl5N5O. The van der Waals surface area contributed by atoms with E-state index in [0.29, 0.717) is 33.1 Å². The standard InChI is InChI=1S/C30H30Cl3N5O.2ClH/c1-21-28(35-29(22-9-3-2-4-10-22)38(21)25-13-6-5-11-23(25)31)30(39)34-15-8-16-36-17-19-37(20-18-36)26-14-7-12-24(32)27(26)33;;/h2-7,9-14H,8,15-20H2,1H3,(H,34,39);2*1H. The molecule has 3 aromatic carbocycles. The van der Waals surface area contributed by atoms with E-state index < -0.39 is 0 Å². The zero-order valence-corrected chi connectivity index (χ0v) is 26.4. The second-order valence-electron chi connectivity index (χ2n) is 9.53. The molecule has 0 unspecified atom stereocenters. The average molecular weight is 656 g/mol. The minimum Gasteiger partial charge on any atom is -0.368 e. The van der Waals surface area contributed by atoms with Crippen molar-refractivity contribution in [2.24, 2.45) is 0 Å². The first-order valence-electron chi connectivity index (χ1n) is 13.0. The Hall–Kier alpha value is -2.45. The quantitative estimate of drug-likeness (QED) is 0.199. The molecule has 41 heavy (non-hydrogen) atoms. The van der Waals surface area contributed by atoms with Gasteiger partial charge in [0.2, 0.25) is 0 Å². The molecule has 4 aromatic rings. The van der Waals surface area contributed by atoms with Crippen LogP contribution in [0.3, 0.4) is 0 Å². The van der Waals surface area contributed by atoms with Gasteiger partial charge in [-0.2, -0.15) is 0 Å². The molecule has 1 N–H and O–H groups in total. The second kappa shape index (κ2) is 15.1. The van der Waals surface area contributed by atoms with Crippen LogP contribution in [0.25, 0.3) is 17.1 Å². The van der Waals surface area contributed by atoms with Crippen LogP contribution in [0, 0.1) is 6.92 Å². The molecule has 1 aromatic heterocycles. The van der Waals surface area contributed by atoms with E-state index in [0.717, 1.165) is 61.8 Å². The highest BCUT2D eigenvalue weighted by Crippen LogP contribution is 2.33. The van der Waals surface area contributed by atoms with Crippen LogP contribution in [0.1, 0.15) is 22.6 Å². The van der Waals surface area contributed by atoms with Gasteiger partial charge in [0.05, 0.1) is 32.1 Å². The maximum atomic E-state index is 13.2. The van der Waals surface area contributed by atoms with Gasteiger partial charge in [-0.3, -0.25) is 14.3 Å². The lowest BCUT2D eigenvalue weighted by atomic mass is 10.2. The SMILES string of the molecule is Cc1c(C(=O)NCCCN2CCN(c3cccc(Cl)c3Cl)CC2)nc(-c2ccccc2)n1-c1ccccc1Cl.Cl.Cl. The zero-order chi connectivity index (χ0) is 27.4. The van der Waals surface area contributed by atoms with Crippen LogP contribution in [0.15, 0.2) is 72.8 Å². The molecule has 0 radical (unpaired) electrons. The average Bonchev–Trinajstić information content (AvgIpc) is 3.30. The van der Waals surface area contributed by atoms with Gasteiger partial charge in [-0.25, -0.2) is 4.98 Å². The van der Waals surface area contributed by atoms with E-state index >= 15 is 0 Å². The van der Waals surface area contributed by atoms with Crippen LogP contribution in [-0.4, -0.2) is 59.6 Å². The van der Waals surface area contributed by atoms with Gasteiger partial charge < -0.3 is 10.2 Å². The number of hydrogen-bond acceptors (Lipinski definition) is 4. The van der Waals surface area contributed by atoms with E-state index in [2.05, 4.69) is 15.1 Å². The maximum Gasteiger partial charge on any atom is 0.271 e. The number of rotatable bonds is 8. The first-order valence-corrected chi connectivity index (χ1v) is 14.2. The fourth-order valence-electron chi connectivity index (χ4n) is 4.96. The fourth-order valence-corrected chi connectivity index (χ4v) is 5.60. The van der Waals surface area contributed by atoms with Crippen molar-refractivity contribution in [2.75, 3.05) is 44.2 Å². The van der Waals surface area contributed by atoms with Gasteiger partial charge >= 0.3 is 0 Å². The normalized spacial score (nSPS) is 13.3. The van der Waals surface area contributed by atoms with Gasteiger partial charge in [-0.15, -0.1) is 24.8 Å². The van der Waals surface area contributed by atoms with Crippen molar-refractivity contribution in [3.05, 3.63) is 99.3 Å². The molecule has 5 rings (SSSR count). The third kappa shape index (κ3) is 7.50. The molecule has 0 aliphatic carbocycles. The van der Waals surface area contributed by atoms with Gasteiger partial charge in [0.25, 0.3) is 5.91 Å². The van der Waals surface area contributed by atoms with E-state index in [-0.39, 0.29) is 30.7 Å². The number of benzene rings is 3. The van der Waals surface area contributed by atoms with Crippen molar-refractivity contribution < 1.29 is 4.79 Å². The number of para-hydroxylation sites is 1. The molecule has 6 nitrogen and oxygen atoms in total. The molecule has 0 saturated carbocycles. The van der Waals surface area contributed by atoms with E-state index in [1.807, 2.05) is 84.3 Å². The van der Waals surface area contributed by atoms with Crippen molar-refractivity contribution >= 4 is 71.2 Å². The Kier molecular flexibility index (Phi) is 12.2. The largest absolute Gasteiger partial charge is 0.368 e. The van der Waals surface area contributed by atoms with Crippen LogP contribution >= 0.6 is 59.6 Å². The Morgan fingerprint density at radius 2 is 1.46 bits per heavy atom. The molecule has 218 valence electrons. The highest BCUT2D eigenvalue weighted by molar-refractivity contribution is 6.43. The third-order valence-corrected chi connectivity index (χ3v) is 8.16. The van der Waals surface area contributed by atoms with Crippen LogP contribution in [0.4, 0.5) is 5.69 Å². The smallest absolute Gasteiger partial charge is 0.271 e. The number of hydrogen-bond donors (Lipinski definition) is 1. The fraction of sp³-hybridized carbons (Fsp3) is 0.267. The van der Waals surface area contributed by atoms with Crippen molar-refractivity contribution in [2.45, 2.75) is 13.3 Å². The summed E-state index contributed by atoms with van der Waals surface area (Å²) in [6.45, 7) is 7.00. The Bertz CT molecular complexity index is 1460. The number of imidazole rings is 1. The number of nitrogens with zero attached hydrogens (tertiary/aromatic N) is 4. The summed E-state index contributed by atoms with van der Waals surface area (Å²) in [7, 11) is 0. The lowest BCUT2D eigenvalue weighted by Crippen LogP contribution is -2.47. The van der Waals surface area contributed by atoms with Crippen LogP contribution in [-0.2, 0) is 0 Å². The van der Waals surface area contributed by atoms with Crippen LogP contribution < -0.4 is 10.2 Å². The summed E-state index contributed by atoms with van der Waals surface area (Å²) in [5, 5.41) is 4.85. The molecule has 0 spiro atoms. The van der Waals surface area contributed by atoms with Gasteiger partial charge in [0.1, 0.15) is 11.5 Å². The van der Waals surface area contributed by atoms with E-state index in [9.17, 15) is 4.79 Å². The summed E-state index contributed by atoms with van der Waals surface area (Å²) >= 11 is 19.1. The predicted octanol–water partition coefficient (Wildman–Crippen LogP) is 7.59. The number of aromatic nitrogens is 2. The molecular weight excluding hydrogens is 624 g/mol. The van der Waals surface area contributed by atoms with Gasteiger partial charge in [0, 0.05) is 38.3 Å². The number of carbonyl (C=O) groups is 1. The first kappa shape index (κ1) is 33.1. The zero-order valence-electron chi connectivity index (χ0n) is 22.5. The van der Waals surface area contributed by atoms with Crippen LogP contribution in [0.2, 0.25) is 15.1 Å². The second-order valence-corrected chi connectivity index (χ2v) is 10.7. The van der Waals surface area contributed by atoms with Gasteiger partial charge in [-0.1, -0.05) is 83.3 Å². The lowest BCUT2D eigenvalue weighted by molar-refractivity contribution is 0.0946. The Labute approximate surface area is 268 Å². The summed E-state index contributed by atoms with van der Waals surface area (Å²) in [6, 6.07) is 23.2. The number of anilines is 1.